The van der Waals surface area contributed by atoms with Crippen molar-refractivity contribution in [1.29, 1.82) is 0 Å². The van der Waals surface area contributed by atoms with Gasteiger partial charge in [0.1, 0.15) is 5.57 Å². The third-order valence-electron chi connectivity index (χ3n) is 5.03. The van der Waals surface area contributed by atoms with E-state index in [-0.39, 0.29) is 10.7 Å². The molecular formula is C22H15ClN4O2S2. The van der Waals surface area contributed by atoms with Gasteiger partial charge in [0.2, 0.25) is 0 Å². The highest BCUT2D eigenvalue weighted by Crippen LogP contribution is 2.35. The molecule has 0 radical (unpaired) electrons. The fraction of sp³-hybridized carbons (Fsp3) is 0.0909. The number of thioether (sulfide) groups is 1. The van der Waals surface area contributed by atoms with Gasteiger partial charge < -0.3 is 4.57 Å². The molecule has 0 atom stereocenters. The summed E-state index contributed by atoms with van der Waals surface area (Å²) in [6.45, 7) is 0.758. The molecule has 0 aliphatic carbocycles. The van der Waals surface area contributed by atoms with Gasteiger partial charge in [-0.3, -0.25) is 19.8 Å². The van der Waals surface area contributed by atoms with Crippen LogP contribution >= 0.6 is 35.6 Å². The molecule has 2 aliphatic rings. The average molecular weight is 467 g/mol. The predicted molar refractivity (Wildman–Crippen MR) is 126 cm³/mol. The predicted octanol–water partition coefficient (Wildman–Crippen LogP) is 4.14. The number of rotatable bonds is 3. The quantitative estimate of drug-likeness (QED) is 0.357. The zero-order chi connectivity index (χ0) is 21.5. The third-order valence-corrected chi connectivity index (χ3v) is 6.53. The maximum absolute atomic E-state index is 13.3. The summed E-state index contributed by atoms with van der Waals surface area (Å²) in [4.78, 5) is 32.2. The summed E-state index contributed by atoms with van der Waals surface area (Å²) < 4.78 is 2.04. The number of benzene rings is 2. The maximum Gasteiger partial charge on any atom is 0.270 e. The van der Waals surface area contributed by atoms with Crippen molar-refractivity contribution >= 4 is 64.3 Å². The van der Waals surface area contributed by atoms with Crippen LogP contribution in [0.5, 0.6) is 0 Å². The van der Waals surface area contributed by atoms with E-state index in [9.17, 15) is 9.59 Å². The first-order valence-corrected chi connectivity index (χ1v) is 11.3. The van der Waals surface area contributed by atoms with Crippen molar-refractivity contribution in [3.05, 3.63) is 70.9 Å². The molecule has 2 amide bonds. The highest BCUT2D eigenvalue weighted by atomic mass is 35.5. The van der Waals surface area contributed by atoms with Crippen molar-refractivity contribution in [1.82, 2.24) is 14.9 Å². The van der Waals surface area contributed by atoms with Crippen LogP contribution in [0.4, 0.5) is 5.69 Å². The Hall–Kier alpha value is -2.94. The van der Waals surface area contributed by atoms with Gasteiger partial charge in [0.05, 0.1) is 17.1 Å². The van der Waals surface area contributed by atoms with Gasteiger partial charge in [-0.15, -0.1) is 0 Å². The minimum absolute atomic E-state index is 0.000307. The van der Waals surface area contributed by atoms with Gasteiger partial charge in [-0.05, 0) is 42.6 Å². The monoisotopic (exact) mass is 466 g/mol. The Morgan fingerprint density at radius 1 is 1.10 bits per heavy atom. The van der Waals surface area contributed by atoms with E-state index in [1.54, 1.807) is 42.1 Å². The molecule has 0 spiro atoms. The molecule has 1 aromatic heterocycles. The third kappa shape index (κ3) is 3.56. The zero-order valence-corrected chi connectivity index (χ0v) is 18.4. The fourth-order valence-corrected chi connectivity index (χ4v) is 4.94. The summed E-state index contributed by atoms with van der Waals surface area (Å²) in [6, 6.07) is 16.4. The van der Waals surface area contributed by atoms with Gasteiger partial charge in [-0.1, -0.05) is 53.7 Å². The number of hydrogen-bond acceptors (Lipinski definition) is 5. The van der Waals surface area contributed by atoms with Crippen molar-refractivity contribution in [3.8, 4) is 11.3 Å². The highest BCUT2D eigenvalue weighted by Gasteiger charge is 2.35. The van der Waals surface area contributed by atoms with E-state index in [1.807, 2.05) is 34.9 Å². The molecule has 31 heavy (non-hydrogen) atoms. The smallest absolute Gasteiger partial charge is 0.270 e. The van der Waals surface area contributed by atoms with Crippen molar-refractivity contribution in [2.75, 3.05) is 10.7 Å². The molecular weight excluding hydrogens is 452 g/mol. The standard InChI is InChI=1S/C22H15ClN4O2S2/c23-14-6-8-15(9-7-14)27-20(29)16(19(28)25-21(27)30)12-17-18(13-4-2-1-3-5-13)24-22-26(17)10-11-31-22/h1-9,12H,10-11H2,(H,25,28,30)/b16-12+. The Bertz CT molecular complexity index is 1250. The first kappa shape index (κ1) is 20.0. The first-order valence-electron chi connectivity index (χ1n) is 9.49. The van der Waals surface area contributed by atoms with E-state index in [1.165, 1.54) is 4.90 Å². The molecule has 0 bridgehead atoms. The fourth-order valence-electron chi connectivity index (χ4n) is 3.57. The Morgan fingerprint density at radius 3 is 2.58 bits per heavy atom. The summed E-state index contributed by atoms with van der Waals surface area (Å²) in [7, 11) is 0. The van der Waals surface area contributed by atoms with Gasteiger partial charge >= 0.3 is 0 Å². The van der Waals surface area contributed by atoms with Crippen LogP contribution in [0.3, 0.4) is 0 Å². The number of anilines is 1. The van der Waals surface area contributed by atoms with E-state index >= 15 is 0 Å². The second-order valence-electron chi connectivity index (χ2n) is 6.93. The molecule has 5 rings (SSSR count). The minimum Gasteiger partial charge on any atom is -0.318 e. The first-order chi connectivity index (χ1) is 15.0. The number of carbonyl (C=O) groups is 2. The van der Waals surface area contributed by atoms with E-state index in [0.717, 1.165) is 34.4 Å². The summed E-state index contributed by atoms with van der Waals surface area (Å²) in [5.74, 6) is -0.119. The van der Waals surface area contributed by atoms with E-state index in [4.69, 9.17) is 28.8 Å². The van der Waals surface area contributed by atoms with Gasteiger partial charge in [-0.2, -0.15) is 0 Å². The van der Waals surface area contributed by atoms with Crippen LogP contribution in [-0.4, -0.2) is 32.2 Å². The van der Waals surface area contributed by atoms with Crippen LogP contribution in [0.25, 0.3) is 17.3 Å². The second kappa shape index (κ2) is 7.96. The van der Waals surface area contributed by atoms with Crippen molar-refractivity contribution in [2.45, 2.75) is 11.7 Å². The maximum atomic E-state index is 13.3. The molecule has 3 heterocycles. The molecule has 3 aromatic rings. The molecule has 2 aliphatic heterocycles. The lowest BCUT2D eigenvalue weighted by atomic mass is 10.1. The number of thiocarbonyl (C=S) groups is 1. The Labute approximate surface area is 192 Å². The summed E-state index contributed by atoms with van der Waals surface area (Å²) in [5.41, 5.74) is 2.92. The number of carbonyl (C=O) groups excluding carboxylic acids is 2. The number of halogens is 1. The molecule has 1 N–H and O–H groups in total. The van der Waals surface area contributed by atoms with Gasteiger partial charge in [0, 0.05) is 22.9 Å². The molecule has 6 nitrogen and oxygen atoms in total. The van der Waals surface area contributed by atoms with Crippen LogP contribution in [0.1, 0.15) is 5.69 Å². The van der Waals surface area contributed by atoms with Gasteiger partial charge in [0.15, 0.2) is 10.3 Å². The number of hydrogen-bond donors (Lipinski definition) is 1. The number of nitrogens with zero attached hydrogens (tertiary/aromatic N) is 3. The number of aromatic nitrogens is 2. The van der Waals surface area contributed by atoms with Crippen molar-refractivity contribution in [3.63, 3.8) is 0 Å². The Morgan fingerprint density at radius 2 is 1.84 bits per heavy atom. The SMILES string of the molecule is O=C1NC(=S)N(c2ccc(Cl)cc2)C(=O)/C1=C/c1c(-c2ccccc2)nc2n1CCS2. The van der Waals surface area contributed by atoms with Crippen LogP contribution in [0, 0.1) is 0 Å². The lowest BCUT2D eigenvalue weighted by Crippen LogP contribution is -2.54. The molecule has 2 aromatic carbocycles. The largest absolute Gasteiger partial charge is 0.318 e. The molecule has 154 valence electrons. The number of amides is 2. The Kier molecular flexibility index (Phi) is 5.13. The summed E-state index contributed by atoms with van der Waals surface area (Å²) in [6.07, 6.45) is 1.62. The summed E-state index contributed by atoms with van der Waals surface area (Å²) >= 11 is 12.9. The van der Waals surface area contributed by atoms with Crippen molar-refractivity contribution in [2.24, 2.45) is 0 Å². The lowest BCUT2D eigenvalue weighted by Gasteiger charge is -2.29. The Balaban J connectivity index is 1.62. The highest BCUT2D eigenvalue weighted by molar-refractivity contribution is 7.99. The minimum atomic E-state index is -0.527. The topological polar surface area (TPSA) is 67.2 Å². The molecule has 0 unspecified atom stereocenters. The summed E-state index contributed by atoms with van der Waals surface area (Å²) in [5, 5.41) is 4.07. The normalized spacial score (nSPS) is 17.3. The van der Waals surface area contributed by atoms with Gasteiger partial charge in [0.25, 0.3) is 11.8 Å². The average Bonchev–Trinajstić information content (AvgIpc) is 3.35. The van der Waals surface area contributed by atoms with Crippen LogP contribution in [-0.2, 0) is 16.1 Å². The van der Waals surface area contributed by atoms with Crippen LogP contribution in [0.15, 0.2) is 65.3 Å². The molecule has 1 fully saturated rings. The molecule has 0 saturated carbocycles. The molecule has 9 heteroatoms. The second-order valence-corrected chi connectivity index (χ2v) is 8.81. The molecule has 1 saturated heterocycles. The number of fused-ring (bicyclic) bond motifs is 1. The van der Waals surface area contributed by atoms with Crippen LogP contribution in [0.2, 0.25) is 5.02 Å². The van der Waals surface area contributed by atoms with Crippen molar-refractivity contribution < 1.29 is 9.59 Å². The van der Waals surface area contributed by atoms with Crippen LogP contribution < -0.4 is 10.2 Å². The number of imidazole rings is 1. The van der Waals surface area contributed by atoms with Gasteiger partial charge in [-0.25, -0.2) is 4.98 Å². The zero-order valence-electron chi connectivity index (χ0n) is 16.0. The lowest BCUT2D eigenvalue weighted by molar-refractivity contribution is -0.122. The number of nitrogens with one attached hydrogen (secondary N) is 1. The van der Waals surface area contributed by atoms with E-state index < -0.39 is 11.8 Å². The van der Waals surface area contributed by atoms with E-state index in [0.29, 0.717) is 10.7 Å². The van der Waals surface area contributed by atoms with E-state index in [2.05, 4.69) is 5.32 Å².